The maximum Gasteiger partial charge on any atom is 0.0748 e. The molecule has 2 heteroatoms. The van der Waals surface area contributed by atoms with Gasteiger partial charge in [0.2, 0.25) is 0 Å². The summed E-state index contributed by atoms with van der Waals surface area (Å²) in [6.45, 7) is 4.21. The summed E-state index contributed by atoms with van der Waals surface area (Å²) >= 11 is 4.16. The standard InChI is InChI=1S/C10H16S2/c1-3-6-9(4-2)10-11-7-5-8-12-10/h3-4,6,10H,5,7-8H2,1-2H3/b6-3-,9-4+. The van der Waals surface area contributed by atoms with Gasteiger partial charge in [-0.2, -0.15) is 0 Å². The van der Waals surface area contributed by atoms with Crippen LogP contribution in [-0.4, -0.2) is 16.1 Å². The summed E-state index contributed by atoms with van der Waals surface area (Å²) in [5.74, 6) is 2.65. The van der Waals surface area contributed by atoms with Crippen LogP contribution in [0.4, 0.5) is 0 Å². The normalized spacial score (nSPS) is 22.0. The maximum atomic E-state index is 2.23. The Balaban J connectivity index is 2.52. The van der Waals surface area contributed by atoms with Gasteiger partial charge >= 0.3 is 0 Å². The first-order valence-corrected chi connectivity index (χ1v) is 6.50. The Morgan fingerprint density at radius 2 is 1.92 bits per heavy atom. The summed E-state index contributed by atoms with van der Waals surface area (Å²) < 4.78 is 0.694. The molecule has 0 bridgehead atoms. The van der Waals surface area contributed by atoms with Gasteiger partial charge in [-0.15, -0.1) is 23.5 Å². The minimum absolute atomic E-state index is 0.694. The molecule has 0 aliphatic carbocycles. The van der Waals surface area contributed by atoms with Gasteiger partial charge in [0.15, 0.2) is 0 Å². The predicted molar refractivity (Wildman–Crippen MR) is 61.9 cm³/mol. The van der Waals surface area contributed by atoms with Gasteiger partial charge in [0.25, 0.3) is 0 Å². The molecule has 0 unspecified atom stereocenters. The third kappa shape index (κ3) is 2.91. The SMILES string of the molecule is C/C=C\C(=C/C)C1SCCCS1. The van der Waals surface area contributed by atoms with E-state index in [1.54, 1.807) is 0 Å². The Hall–Kier alpha value is 0.180. The Morgan fingerprint density at radius 3 is 2.42 bits per heavy atom. The van der Waals surface area contributed by atoms with E-state index in [0.717, 1.165) is 0 Å². The van der Waals surface area contributed by atoms with Crippen molar-refractivity contribution in [2.24, 2.45) is 0 Å². The van der Waals surface area contributed by atoms with Crippen LogP contribution in [0.5, 0.6) is 0 Å². The summed E-state index contributed by atoms with van der Waals surface area (Å²) in [5.41, 5.74) is 1.48. The lowest BCUT2D eigenvalue weighted by Gasteiger charge is -2.21. The fourth-order valence-corrected chi connectivity index (χ4v) is 4.19. The molecule has 0 nitrogen and oxygen atoms in total. The van der Waals surface area contributed by atoms with Crippen molar-refractivity contribution in [1.29, 1.82) is 0 Å². The van der Waals surface area contributed by atoms with Crippen molar-refractivity contribution < 1.29 is 0 Å². The molecule has 1 aliphatic heterocycles. The molecular weight excluding hydrogens is 184 g/mol. The van der Waals surface area contributed by atoms with Crippen molar-refractivity contribution in [3.8, 4) is 0 Å². The van der Waals surface area contributed by atoms with E-state index in [0.29, 0.717) is 4.58 Å². The highest BCUT2D eigenvalue weighted by Gasteiger charge is 2.15. The van der Waals surface area contributed by atoms with E-state index in [4.69, 9.17) is 0 Å². The summed E-state index contributed by atoms with van der Waals surface area (Å²) in [6.07, 6.45) is 7.97. The molecule has 68 valence electrons. The molecule has 0 radical (unpaired) electrons. The average molecular weight is 200 g/mol. The molecule has 1 fully saturated rings. The third-order valence-corrected chi connectivity index (χ3v) is 4.81. The van der Waals surface area contributed by atoms with Crippen molar-refractivity contribution in [3.63, 3.8) is 0 Å². The van der Waals surface area contributed by atoms with Crippen LogP contribution in [-0.2, 0) is 0 Å². The van der Waals surface area contributed by atoms with Crippen molar-refractivity contribution >= 4 is 23.5 Å². The molecule has 1 saturated heterocycles. The summed E-state index contributed by atoms with van der Waals surface area (Å²) in [5, 5.41) is 0. The molecule has 1 rings (SSSR count). The lowest BCUT2D eigenvalue weighted by atomic mass is 10.2. The zero-order chi connectivity index (χ0) is 8.81. The van der Waals surface area contributed by atoms with Gasteiger partial charge in [-0.05, 0) is 37.3 Å². The van der Waals surface area contributed by atoms with E-state index < -0.39 is 0 Å². The number of allylic oxidation sites excluding steroid dienone is 3. The van der Waals surface area contributed by atoms with Crippen LogP contribution in [0.2, 0.25) is 0 Å². The minimum atomic E-state index is 0.694. The Bertz CT molecular complexity index is 176. The third-order valence-electron chi connectivity index (χ3n) is 1.79. The van der Waals surface area contributed by atoms with Crippen LogP contribution < -0.4 is 0 Å². The fourth-order valence-electron chi connectivity index (χ4n) is 1.18. The molecule has 1 aliphatic rings. The van der Waals surface area contributed by atoms with Crippen molar-refractivity contribution in [2.45, 2.75) is 24.9 Å². The predicted octanol–water partition coefficient (Wildman–Crippen LogP) is 3.71. The number of rotatable bonds is 2. The van der Waals surface area contributed by atoms with Gasteiger partial charge in [-0.1, -0.05) is 18.2 Å². The zero-order valence-corrected chi connectivity index (χ0v) is 9.38. The minimum Gasteiger partial charge on any atom is -0.143 e. The first-order valence-electron chi connectivity index (χ1n) is 4.40. The van der Waals surface area contributed by atoms with Crippen LogP contribution in [0.3, 0.4) is 0 Å². The van der Waals surface area contributed by atoms with E-state index in [2.05, 4.69) is 55.6 Å². The number of thioether (sulfide) groups is 2. The Morgan fingerprint density at radius 1 is 1.25 bits per heavy atom. The lowest BCUT2D eigenvalue weighted by molar-refractivity contribution is 1.10. The summed E-state index contributed by atoms with van der Waals surface area (Å²) in [7, 11) is 0. The van der Waals surface area contributed by atoms with Crippen LogP contribution in [0.1, 0.15) is 20.3 Å². The maximum absolute atomic E-state index is 2.23. The Labute approximate surface area is 83.9 Å². The molecule has 0 aromatic rings. The monoisotopic (exact) mass is 200 g/mol. The van der Waals surface area contributed by atoms with Crippen LogP contribution >= 0.6 is 23.5 Å². The van der Waals surface area contributed by atoms with Crippen LogP contribution in [0.15, 0.2) is 23.8 Å². The van der Waals surface area contributed by atoms with E-state index in [9.17, 15) is 0 Å². The zero-order valence-electron chi connectivity index (χ0n) is 7.75. The second kappa shape index (κ2) is 5.76. The van der Waals surface area contributed by atoms with Gasteiger partial charge in [0, 0.05) is 0 Å². The Kier molecular flexibility index (Phi) is 4.93. The topological polar surface area (TPSA) is 0 Å². The molecule has 0 atom stereocenters. The molecule has 0 aromatic heterocycles. The van der Waals surface area contributed by atoms with Gasteiger partial charge in [0.05, 0.1) is 4.58 Å². The second-order valence-electron chi connectivity index (χ2n) is 2.72. The molecule has 0 N–H and O–H groups in total. The highest BCUT2D eigenvalue weighted by atomic mass is 32.2. The smallest absolute Gasteiger partial charge is 0.0748 e. The van der Waals surface area contributed by atoms with Crippen LogP contribution in [0, 0.1) is 0 Å². The van der Waals surface area contributed by atoms with Gasteiger partial charge in [0.1, 0.15) is 0 Å². The number of hydrogen-bond donors (Lipinski definition) is 0. The highest BCUT2D eigenvalue weighted by molar-refractivity contribution is 8.17. The van der Waals surface area contributed by atoms with E-state index in [1.165, 1.54) is 23.5 Å². The van der Waals surface area contributed by atoms with Gasteiger partial charge in [-0.25, -0.2) is 0 Å². The number of hydrogen-bond acceptors (Lipinski definition) is 2. The molecule has 0 amide bonds. The lowest BCUT2D eigenvalue weighted by Crippen LogP contribution is -2.08. The van der Waals surface area contributed by atoms with Crippen molar-refractivity contribution in [1.82, 2.24) is 0 Å². The second-order valence-corrected chi connectivity index (χ2v) is 5.44. The fraction of sp³-hybridized carbons (Fsp3) is 0.600. The molecule has 0 aromatic carbocycles. The molecular formula is C10H16S2. The van der Waals surface area contributed by atoms with Crippen molar-refractivity contribution in [3.05, 3.63) is 23.8 Å². The van der Waals surface area contributed by atoms with Crippen molar-refractivity contribution in [2.75, 3.05) is 11.5 Å². The van der Waals surface area contributed by atoms with E-state index in [-0.39, 0.29) is 0 Å². The molecule has 0 saturated carbocycles. The first kappa shape index (κ1) is 10.3. The molecule has 0 spiro atoms. The van der Waals surface area contributed by atoms with Gasteiger partial charge < -0.3 is 0 Å². The van der Waals surface area contributed by atoms with E-state index in [1.807, 2.05) is 0 Å². The van der Waals surface area contributed by atoms with Crippen LogP contribution in [0.25, 0.3) is 0 Å². The van der Waals surface area contributed by atoms with Gasteiger partial charge in [-0.3, -0.25) is 0 Å². The van der Waals surface area contributed by atoms with E-state index >= 15 is 0 Å². The highest BCUT2D eigenvalue weighted by Crippen LogP contribution is 2.35. The molecule has 12 heavy (non-hydrogen) atoms. The largest absolute Gasteiger partial charge is 0.143 e. The molecule has 1 heterocycles. The average Bonchev–Trinajstić information content (AvgIpc) is 2.15. The quantitative estimate of drug-likeness (QED) is 0.623. The summed E-state index contributed by atoms with van der Waals surface area (Å²) in [6, 6.07) is 0. The first-order chi connectivity index (χ1) is 5.88. The summed E-state index contributed by atoms with van der Waals surface area (Å²) in [4.78, 5) is 0.